The molecule has 1 unspecified atom stereocenters. The standard InChI is InChI=1S/C10H18O/c1-5-10(4)6-7-11-9(2,3)8-10/h5H,1,6-8H2,2-4H3. The van der Waals surface area contributed by atoms with Gasteiger partial charge in [-0.2, -0.15) is 0 Å². The minimum atomic E-state index is 0.0428. The van der Waals surface area contributed by atoms with Crippen LogP contribution in [0.15, 0.2) is 12.7 Å². The van der Waals surface area contributed by atoms with Crippen molar-refractivity contribution in [2.45, 2.75) is 39.2 Å². The SMILES string of the molecule is C=CC1(C)CCOC(C)(C)C1. The third kappa shape index (κ3) is 2.06. The van der Waals surface area contributed by atoms with E-state index in [0.29, 0.717) is 5.41 Å². The van der Waals surface area contributed by atoms with Crippen molar-refractivity contribution < 1.29 is 4.74 Å². The molecule has 1 nitrogen and oxygen atoms in total. The van der Waals surface area contributed by atoms with Gasteiger partial charge in [-0.3, -0.25) is 0 Å². The van der Waals surface area contributed by atoms with Gasteiger partial charge >= 0.3 is 0 Å². The van der Waals surface area contributed by atoms with Gasteiger partial charge in [-0.25, -0.2) is 0 Å². The Hall–Kier alpha value is -0.300. The summed E-state index contributed by atoms with van der Waals surface area (Å²) in [5.41, 5.74) is 0.336. The summed E-state index contributed by atoms with van der Waals surface area (Å²) in [5.74, 6) is 0. The van der Waals surface area contributed by atoms with Crippen LogP contribution in [0.3, 0.4) is 0 Å². The molecular weight excluding hydrogens is 136 g/mol. The molecule has 11 heavy (non-hydrogen) atoms. The summed E-state index contributed by atoms with van der Waals surface area (Å²) >= 11 is 0. The van der Waals surface area contributed by atoms with Crippen molar-refractivity contribution in [1.29, 1.82) is 0 Å². The van der Waals surface area contributed by atoms with E-state index >= 15 is 0 Å². The van der Waals surface area contributed by atoms with Crippen molar-refractivity contribution in [1.82, 2.24) is 0 Å². The van der Waals surface area contributed by atoms with E-state index in [1.807, 2.05) is 0 Å². The Labute approximate surface area is 69.4 Å². The van der Waals surface area contributed by atoms with Gasteiger partial charge in [-0.05, 0) is 32.1 Å². The van der Waals surface area contributed by atoms with Gasteiger partial charge in [0.15, 0.2) is 0 Å². The molecule has 0 N–H and O–H groups in total. The van der Waals surface area contributed by atoms with Gasteiger partial charge in [-0.15, -0.1) is 6.58 Å². The predicted molar refractivity (Wildman–Crippen MR) is 47.6 cm³/mol. The summed E-state index contributed by atoms with van der Waals surface area (Å²) in [7, 11) is 0. The lowest BCUT2D eigenvalue weighted by molar-refractivity contribution is -0.0868. The maximum Gasteiger partial charge on any atom is 0.0634 e. The highest BCUT2D eigenvalue weighted by atomic mass is 16.5. The molecule has 0 aliphatic carbocycles. The molecule has 1 atom stereocenters. The quantitative estimate of drug-likeness (QED) is 0.528. The highest BCUT2D eigenvalue weighted by molar-refractivity contribution is 4.97. The molecule has 0 aromatic carbocycles. The first kappa shape index (κ1) is 8.79. The van der Waals surface area contributed by atoms with Crippen LogP contribution in [0.5, 0.6) is 0 Å². The van der Waals surface area contributed by atoms with Crippen LogP contribution >= 0.6 is 0 Å². The van der Waals surface area contributed by atoms with E-state index in [-0.39, 0.29) is 5.60 Å². The molecule has 0 aromatic heterocycles. The summed E-state index contributed by atoms with van der Waals surface area (Å²) in [5, 5.41) is 0. The fourth-order valence-electron chi connectivity index (χ4n) is 1.85. The van der Waals surface area contributed by atoms with E-state index in [2.05, 4.69) is 33.4 Å². The van der Waals surface area contributed by atoms with E-state index in [0.717, 1.165) is 19.4 Å². The van der Waals surface area contributed by atoms with Crippen LogP contribution < -0.4 is 0 Å². The first-order valence-corrected chi connectivity index (χ1v) is 4.25. The fourth-order valence-corrected chi connectivity index (χ4v) is 1.85. The smallest absolute Gasteiger partial charge is 0.0634 e. The van der Waals surface area contributed by atoms with Crippen LogP contribution in [-0.4, -0.2) is 12.2 Å². The van der Waals surface area contributed by atoms with Crippen molar-refractivity contribution in [2.24, 2.45) is 5.41 Å². The molecule has 0 radical (unpaired) electrons. The second-order valence-corrected chi connectivity index (χ2v) is 4.39. The average Bonchev–Trinajstić information content (AvgIpc) is 1.85. The Morgan fingerprint density at radius 2 is 2.00 bits per heavy atom. The number of hydrogen-bond donors (Lipinski definition) is 0. The van der Waals surface area contributed by atoms with E-state index in [9.17, 15) is 0 Å². The molecular formula is C10H18O. The van der Waals surface area contributed by atoms with Gasteiger partial charge in [0, 0.05) is 6.61 Å². The molecule has 1 aliphatic rings. The maximum atomic E-state index is 5.61. The highest BCUT2D eigenvalue weighted by Gasteiger charge is 2.34. The summed E-state index contributed by atoms with van der Waals surface area (Å²) in [4.78, 5) is 0. The van der Waals surface area contributed by atoms with Crippen LogP contribution in [0, 0.1) is 5.41 Å². The van der Waals surface area contributed by atoms with Crippen molar-refractivity contribution >= 4 is 0 Å². The molecule has 0 spiro atoms. The molecule has 1 heterocycles. The van der Waals surface area contributed by atoms with Gasteiger partial charge in [0.05, 0.1) is 5.60 Å². The Kier molecular flexibility index (Phi) is 2.10. The zero-order chi connectivity index (χ0) is 8.54. The molecule has 1 aliphatic heterocycles. The summed E-state index contributed by atoms with van der Waals surface area (Å²) < 4.78 is 5.61. The molecule has 1 fully saturated rings. The van der Waals surface area contributed by atoms with E-state index < -0.39 is 0 Å². The lowest BCUT2D eigenvalue weighted by atomic mass is 9.76. The molecule has 1 heteroatoms. The van der Waals surface area contributed by atoms with Gasteiger partial charge in [-0.1, -0.05) is 13.0 Å². The Balaban J connectivity index is 2.66. The molecule has 0 saturated carbocycles. The molecule has 64 valence electrons. The third-order valence-corrected chi connectivity index (χ3v) is 2.49. The Bertz CT molecular complexity index is 160. The number of hydrogen-bond acceptors (Lipinski definition) is 1. The zero-order valence-corrected chi connectivity index (χ0v) is 7.81. The summed E-state index contributed by atoms with van der Waals surface area (Å²) in [6.07, 6.45) is 4.26. The van der Waals surface area contributed by atoms with E-state index in [4.69, 9.17) is 4.74 Å². The van der Waals surface area contributed by atoms with Crippen LogP contribution in [0.1, 0.15) is 33.6 Å². The van der Waals surface area contributed by atoms with Crippen LogP contribution in [0.2, 0.25) is 0 Å². The molecule has 1 saturated heterocycles. The summed E-state index contributed by atoms with van der Waals surface area (Å²) in [6.45, 7) is 11.3. The lowest BCUT2D eigenvalue weighted by Crippen LogP contribution is -2.38. The number of allylic oxidation sites excluding steroid dienone is 1. The maximum absolute atomic E-state index is 5.61. The van der Waals surface area contributed by atoms with Gasteiger partial charge < -0.3 is 4.74 Å². The summed E-state index contributed by atoms with van der Waals surface area (Å²) in [6, 6.07) is 0. The third-order valence-electron chi connectivity index (χ3n) is 2.49. The molecule has 1 rings (SSSR count). The molecule has 0 aromatic rings. The van der Waals surface area contributed by atoms with Gasteiger partial charge in [0.2, 0.25) is 0 Å². The van der Waals surface area contributed by atoms with Gasteiger partial charge in [0.1, 0.15) is 0 Å². The lowest BCUT2D eigenvalue weighted by Gasteiger charge is -2.40. The Morgan fingerprint density at radius 1 is 1.36 bits per heavy atom. The first-order valence-electron chi connectivity index (χ1n) is 4.25. The second kappa shape index (κ2) is 2.63. The number of ether oxygens (including phenoxy) is 1. The topological polar surface area (TPSA) is 9.23 Å². The number of rotatable bonds is 1. The van der Waals surface area contributed by atoms with Crippen molar-refractivity contribution in [3.63, 3.8) is 0 Å². The van der Waals surface area contributed by atoms with Crippen LogP contribution in [-0.2, 0) is 4.74 Å². The minimum Gasteiger partial charge on any atom is -0.376 e. The van der Waals surface area contributed by atoms with Gasteiger partial charge in [0.25, 0.3) is 0 Å². The molecule has 0 amide bonds. The van der Waals surface area contributed by atoms with Crippen molar-refractivity contribution in [3.8, 4) is 0 Å². The largest absolute Gasteiger partial charge is 0.376 e. The first-order chi connectivity index (χ1) is 4.97. The van der Waals surface area contributed by atoms with Crippen LogP contribution in [0.25, 0.3) is 0 Å². The highest BCUT2D eigenvalue weighted by Crippen LogP contribution is 2.38. The van der Waals surface area contributed by atoms with E-state index in [1.54, 1.807) is 0 Å². The van der Waals surface area contributed by atoms with Crippen molar-refractivity contribution in [2.75, 3.05) is 6.61 Å². The monoisotopic (exact) mass is 154 g/mol. The van der Waals surface area contributed by atoms with Crippen LogP contribution in [0.4, 0.5) is 0 Å². The molecule has 0 bridgehead atoms. The zero-order valence-electron chi connectivity index (χ0n) is 7.81. The second-order valence-electron chi connectivity index (χ2n) is 4.39. The minimum absolute atomic E-state index is 0.0428. The fraction of sp³-hybridized carbons (Fsp3) is 0.800. The van der Waals surface area contributed by atoms with E-state index in [1.165, 1.54) is 0 Å². The van der Waals surface area contributed by atoms with Crippen molar-refractivity contribution in [3.05, 3.63) is 12.7 Å². The predicted octanol–water partition coefficient (Wildman–Crippen LogP) is 2.77. The normalized spacial score (nSPS) is 36.6. The average molecular weight is 154 g/mol. The Morgan fingerprint density at radius 3 is 2.36 bits per heavy atom.